The Morgan fingerprint density at radius 1 is 1.42 bits per heavy atom. The second-order valence-electron chi connectivity index (χ2n) is 5.37. The summed E-state index contributed by atoms with van der Waals surface area (Å²) in [5, 5.41) is 9.09. The summed E-state index contributed by atoms with van der Waals surface area (Å²) < 4.78 is 0. The van der Waals surface area contributed by atoms with Crippen molar-refractivity contribution in [1.29, 1.82) is 0 Å². The number of aromatic nitrogens is 1. The monoisotopic (exact) mass is 264 g/mol. The molecular weight excluding hydrogens is 240 g/mol. The van der Waals surface area contributed by atoms with Gasteiger partial charge in [-0.2, -0.15) is 0 Å². The van der Waals surface area contributed by atoms with E-state index in [4.69, 9.17) is 10.8 Å². The van der Waals surface area contributed by atoms with E-state index in [1.807, 2.05) is 0 Å². The summed E-state index contributed by atoms with van der Waals surface area (Å²) in [4.78, 5) is 15.1. The van der Waals surface area contributed by atoms with Crippen LogP contribution in [0.15, 0.2) is 6.20 Å². The first-order valence-electron chi connectivity index (χ1n) is 6.96. The van der Waals surface area contributed by atoms with Crippen molar-refractivity contribution in [1.82, 2.24) is 4.98 Å². The van der Waals surface area contributed by atoms with Crippen LogP contribution in [-0.4, -0.2) is 16.1 Å². The van der Waals surface area contributed by atoms with Crippen LogP contribution in [0, 0.1) is 5.92 Å². The predicted molar refractivity (Wildman–Crippen MR) is 77.4 cm³/mol. The Morgan fingerprint density at radius 3 is 2.63 bits per heavy atom. The number of carbonyl (C=O) groups is 1. The van der Waals surface area contributed by atoms with E-state index in [0.717, 1.165) is 43.2 Å². The molecule has 0 bridgehead atoms. The number of aryl methyl sites for hydroxylation is 1. The van der Waals surface area contributed by atoms with Gasteiger partial charge in [-0.05, 0) is 42.7 Å². The van der Waals surface area contributed by atoms with E-state index in [1.165, 1.54) is 0 Å². The Labute approximate surface area is 115 Å². The van der Waals surface area contributed by atoms with Crippen molar-refractivity contribution in [2.45, 2.75) is 52.9 Å². The molecular formula is C15H24N2O2. The molecule has 0 spiro atoms. The average Bonchev–Trinajstić information content (AvgIpc) is 2.34. The van der Waals surface area contributed by atoms with Gasteiger partial charge >= 0.3 is 5.97 Å². The largest absolute Gasteiger partial charge is 0.476 e. The lowest BCUT2D eigenvalue weighted by atomic mass is 9.95. The van der Waals surface area contributed by atoms with E-state index in [2.05, 4.69) is 25.8 Å². The summed E-state index contributed by atoms with van der Waals surface area (Å²) in [6.45, 7) is 6.44. The van der Waals surface area contributed by atoms with Gasteiger partial charge in [-0.3, -0.25) is 0 Å². The summed E-state index contributed by atoms with van der Waals surface area (Å²) in [5.74, 6) is -0.481. The fourth-order valence-corrected chi connectivity index (χ4v) is 2.09. The molecule has 0 unspecified atom stereocenters. The average molecular weight is 264 g/mol. The van der Waals surface area contributed by atoms with Crippen molar-refractivity contribution in [2.24, 2.45) is 5.92 Å². The molecule has 1 rings (SSSR count). The zero-order valence-corrected chi connectivity index (χ0v) is 12.1. The molecule has 106 valence electrons. The number of nitrogens with two attached hydrogens (primary N) is 1. The number of carboxylic acid groups (broad SMARTS) is 1. The van der Waals surface area contributed by atoms with E-state index >= 15 is 0 Å². The molecule has 4 heteroatoms. The third-order valence-electron chi connectivity index (χ3n) is 3.29. The lowest BCUT2D eigenvalue weighted by Gasteiger charge is -2.14. The maximum absolute atomic E-state index is 11.1. The van der Waals surface area contributed by atoms with Gasteiger partial charge in [-0.1, -0.05) is 27.2 Å². The number of carboxylic acids is 1. The number of pyridine rings is 1. The minimum Gasteiger partial charge on any atom is -0.476 e. The Hall–Kier alpha value is -1.58. The fraction of sp³-hybridized carbons (Fsp3) is 0.600. The molecule has 0 saturated carbocycles. The van der Waals surface area contributed by atoms with Crippen LogP contribution in [0.5, 0.6) is 0 Å². The summed E-state index contributed by atoms with van der Waals surface area (Å²) >= 11 is 0. The normalized spacial score (nSPS) is 10.9. The SMILES string of the molecule is CCCCc1cnc(C(=O)O)c(N)c1CCC(C)C. The van der Waals surface area contributed by atoms with Crippen LogP contribution in [0.2, 0.25) is 0 Å². The van der Waals surface area contributed by atoms with Crippen LogP contribution in [-0.2, 0) is 12.8 Å². The Balaban J connectivity index is 3.09. The van der Waals surface area contributed by atoms with Gasteiger partial charge in [0.1, 0.15) is 0 Å². The highest BCUT2D eigenvalue weighted by atomic mass is 16.4. The number of nitrogens with zero attached hydrogens (tertiary/aromatic N) is 1. The molecule has 0 aromatic carbocycles. The number of nitrogen functional groups attached to an aromatic ring is 1. The van der Waals surface area contributed by atoms with Gasteiger partial charge in [0.05, 0.1) is 5.69 Å². The number of hydrogen-bond acceptors (Lipinski definition) is 3. The maximum atomic E-state index is 11.1. The highest BCUT2D eigenvalue weighted by molar-refractivity contribution is 5.92. The van der Waals surface area contributed by atoms with E-state index in [9.17, 15) is 4.79 Å². The first-order chi connectivity index (χ1) is 8.97. The molecule has 0 aliphatic carbocycles. The quantitative estimate of drug-likeness (QED) is 0.792. The molecule has 0 fully saturated rings. The van der Waals surface area contributed by atoms with Gasteiger partial charge in [-0.25, -0.2) is 9.78 Å². The van der Waals surface area contributed by atoms with Crippen molar-refractivity contribution in [2.75, 3.05) is 5.73 Å². The van der Waals surface area contributed by atoms with Gasteiger partial charge < -0.3 is 10.8 Å². The Kier molecular flexibility index (Phi) is 5.80. The molecule has 1 heterocycles. The molecule has 0 aliphatic heterocycles. The van der Waals surface area contributed by atoms with Crippen molar-refractivity contribution < 1.29 is 9.90 Å². The zero-order chi connectivity index (χ0) is 14.4. The third-order valence-corrected chi connectivity index (χ3v) is 3.29. The number of aromatic carboxylic acids is 1. The maximum Gasteiger partial charge on any atom is 0.356 e. The van der Waals surface area contributed by atoms with Crippen molar-refractivity contribution in [3.05, 3.63) is 23.0 Å². The van der Waals surface area contributed by atoms with Gasteiger partial charge in [0.25, 0.3) is 0 Å². The number of anilines is 1. The van der Waals surface area contributed by atoms with Gasteiger partial charge in [0, 0.05) is 6.20 Å². The second kappa shape index (κ2) is 7.12. The summed E-state index contributed by atoms with van der Waals surface area (Å²) in [6, 6.07) is 0. The number of unbranched alkanes of at least 4 members (excludes halogenated alkanes) is 1. The molecule has 4 nitrogen and oxygen atoms in total. The second-order valence-corrected chi connectivity index (χ2v) is 5.37. The predicted octanol–water partition coefficient (Wildman–Crippen LogP) is 3.29. The van der Waals surface area contributed by atoms with E-state index < -0.39 is 5.97 Å². The minimum absolute atomic E-state index is 0.0148. The topological polar surface area (TPSA) is 76.2 Å². The summed E-state index contributed by atoms with van der Waals surface area (Å²) in [5.41, 5.74) is 8.42. The molecule has 0 saturated heterocycles. The number of rotatable bonds is 7. The standard InChI is InChI=1S/C15H24N2O2/c1-4-5-6-11-9-17-14(15(18)19)13(16)12(11)8-7-10(2)3/h9-10H,4-8,16H2,1-3H3,(H,18,19). The smallest absolute Gasteiger partial charge is 0.356 e. The van der Waals surface area contributed by atoms with Gasteiger partial charge in [0.15, 0.2) is 5.69 Å². The summed E-state index contributed by atoms with van der Waals surface area (Å²) in [7, 11) is 0. The Bertz CT molecular complexity index is 442. The molecule has 19 heavy (non-hydrogen) atoms. The van der Waals surface area contributed by atoms with Crippen LogP contribution in [0.25, 0.3) is 0 Å². The lowest BCUT2D eigenvalue weighted by molar-refractivity contribution is 0.0691. The molecule has 0 aliphatic rings. The van der Waals surface area contributed by atoms with Crippen LogP contribution < -0.4 is 5.73 Å². The van der Waals surface area contributed by atoms with E-state index in [0.29, 0.717) is 11.6 Å². The molecule has 0 radical (unpaired) electrons. The van der Waals surface area contributed by atoms with E-state index in [-0.39, 0.29) is 5.69 Å². The van der Waals surface area contributed by atoms with Gasteiger partial charge in [-0.15, -0.1) is 0 Å². The van der Waals surface area contributed by atoms with Crippen molar-refractivity contribution in [3.8, 4) is 0 Å². The zero-order valence-electron chi connectivity index (χ0n) is 12.1. The first kappa shape index (κ1) is 15.5. The van der Waals surface area contributed by atoms with Crippen LogP contribution in [0.1, 0.15) is 61.6 Å². The first-order valence-corrected chi connectivity index (χ1v) is 6.96. The van der Waals surface area contributed by atoms with Crippen molar-refractivity contribution >= 4 is 11.7 Å². The molecule has 0 amide bonds. The van der Waals surface area contributed by atoms with Crippen LogP contribution >= 0.6 is 0 Å². The molecule has 0 atom stereocenters. The number of hydrogen-bond donors (Lipinski definition) is 2. The van der Waals surface area contributed by atoms with Gasteiger partial charge in [0.2, 0.25) is 0 Å². The minimum atomic E-state index is -1.05. The van der Waals surface area contributed by atoms with Crippen LogP contribution in [0.4, 0.5) is 5.69 Å². The van der Waals surface area contributed by atoms with Crippen LogP contribution in [0.3, 0.4) is 0 Å². The third kappa shape index (κ3) is 4.23. The lowest BCUT2D eigenvalue weighted by Crippen LogP contribution is -2.11. The highest BCUT2D eigenvalue weighted by Gasteiger charge is 2.16. The molecule has 3 N–H and O–H groups in total. The van der Waals surface area contributed by atoms with E-state index in [1.54, 1.807) is 6.20 Å². The Morgan fingerprint density at radius 2 is 2.11 bits per heavy atom. The van der Waals surface area contributed by atoms with Crippen molar-refractivity contribution in [3.63, 3.8) is 0 Å². The highest BCUT2D eigenvalue weighted by Crippen LogP contribution is 2.24. The molecule has 1 aromatic rings. The fourth-order valence-electron chi connectivity index (χ4n) is 2.09. The summed E-state index contributed by atoms with van der Waals surface area (Å²) in [6.07, 6.45) is 6.61. The molecule has 1 aromatic heterocycles.